The van der Waals surface area contributed by atoms with Gasteiger partial charge in [-0.2, -0.15) is 0 Å². The minimum absolute atomic E-state index is 0.0213. The van der Waals surface area contributed by atoms with Crippen molar-refractivity contribution in [2.45, 2.75) is 20.4 Å². The number of hydrogen-bond donors (Lipinski definition) is 1. The number of imidazole rings is 1. The Hall–Kier alpha value is -3.45. The van der Waals surface area contributed by atoms with Crippen molar-refractivity contribution in [2.24, 2.45) is 0 Å². The summed E-state index contributed by atoms with van der Waals surface area (Å²) in [6.45, 7) is 7.72. The fraction of sp³-hybridized carbons (Fsp3) is 0.320. The molecule has 1 saturated heterocycles. The zero-order valence-electron chi connectivity index (χ0n) is 18.6. The van der Waals surface area contributed by atoms with Crippen LogP contribution in [0.3, 0.4) is 0 Å². The number of amides is 2. The van der Waals surface area contributed by atoms with Crippen LogP contribution in [0.4, 0.5) is 5.69 Å². The lowest BCUT2D eigenvalue weighted by Crippen LogP contribution is -2.50. The van der Waals surface area contributed by atoms with Gasteiger partial charge in [-0.3, -0.25) is 14.5 Å². The van der Waals surface area contributed by atoms with Crippen LogP contribution in [0.25, 0.3) is 0 Å². The minimum Gasteiger partial charge on any atom is -0.336 e. The summed E-state index contributed by atoms with van der Waals surface area (Å²) in [5.41, 5.74) is 4.93. The van der Waals surface area contributed by atoms with Gasteiger partial charge >= 0.3 is 0 Å². The molecule has 4 rings (SSSR count). The van der Waals surface area contributed by atoms with Gasteiger partial charge in [-0.25, -0.2) is 4.98 Å². The molecule has 2 amide bonds. The molecule has 0 bridgehead atoms. The molecular formula is C25H29N5O2. The maximum Gasteiger partial charge on any atom is 0.253 e. The Morgan fingerprint density at radius 3 is 2.44 bits per heavy atom. The zero-order chi connectivity index (χ0) is 22.5. The average molecular weight is 432 g/mol. The van der Waals surface area contributed by atoms with E-state index in [4.69, 9.17) is 0 Å². The molecule has 0 unspecified atom stereocenters. The lowest BCUT2D eigenvalue weighted by Gasteiger charge is -2.34. The Morgan fingerprint density at radius 2 is 1.75 bits per heavy atom. The molecule has 1 aliphatic rings. The van der Waals surface area contributed by atoms with Crippen LogP contribution in [0.15, 0.2) is 61.2 Å². The Labute approximate surface area is 188 Å². The number of nitrogens with zero attached hydrogens (tertiary/aromatic N) is 4. The van der Waals surface area contributed by atoms with Gasteiger partial charge in [-0.15, -0.1) is 0 Å². The second kappa shape index (κ2) is 9.78. The summed E-state index contributed by atoms with van der Waals surface area (Å²) in [5, 5.41) is 3.01. The molecule has 0 spiro atoms. The van der Waals surface area contributed by atoms with E-state index < -0.39 is 0 Å². The third kappa shape index (κ3) is 5.23. The maximum absolute atomic E-state index is 12.9. The van der Waals surface area contributed by atoms with Gasteiger partial charge in [-0.05, 0) is 48.7 Å². The molecule has 7 heteroatoms. The largest absolute Gasteiger partial charge is 0.336 e. The Bertz CT molecular complexity index is 1070. The smallest absolute Gasteiger partial charge is 0.253 e. The first kappa shape index (κ1) is 21.8. The highest BCUT2D eigenvalue weighted by Crippen LogP contribution is 2.18. The Balaban J connectivity index is 1.26. The standard InChI is InChI=1S/C25H29N5O2/c1-19-4-3-5-23(20(19)2)27-24(31)17-28-12-14-30(15-13-28)25(32)22-8-6-21(7-9-22)16-29-11-10-26-18-29/h3-11,18H,12-17H2,1-2H3,(H,27,31). The molecule has 0 atom stereocenters. The molecular weight excluding hydrogens is 402 g/mol. The van der Waals surface area contributed by atoms with Crippen molar-refractivity contribution in [3.63, 3.8) is 0 Å². The molecule has 166 valence electrons. The topological polar surface area (TPSA) is 70.5 Å². The van der Waals surface area contributed by atoms with Crippen LogP contribution in [0.1, 0.15) is 27.0 Å². The van der Waals surface area contributed by atoms with Crippen LogP contribution in [0, 0.1) is 13.8 Å². The van der Waals surface area contributed by atoms with Crippen LogP contribution in [-0.2, 0) is 11.3 Å². The summed E-state index contributed by atoms with van der Waals surface area (Å²) in [4.78, 5) is 33.4. The number of benzene rings is 2. The van der Waals surface area contributed by atoms with Gasteiger partial charge in [0.2, 0.25) is 5.91 Å². The van der Waals surface area contributed by atoms with Crippen molar-refractivity contribution in [3.05, 3.63) is 83.4 Å². The second-order valence-corrected chi connectivity index (χ2v) is 8.30. The zero-order valence-corrected chi connectivity index (χ0v) is 18.6. The van der Waals surface area contributed by atoms with Crippen molar-refractivity contribution in [1.82, 2.24) is 19.4 Å². The molecule has 1 fully saturated rings. The van der Waals surface area contributed by atoms with E-state index in [0.29, 0.717) is 38.3 Å². The first-order chi connectivity index (χ1) is 15.5. The number of piperazine rings is 1. The summed E-state index contributed by atoms with van der Waals surface area (Å²) < 4.78 is 1.99. The van der Waals surface area contributed by atoms with Gasteiger partial charge in [0.1, 0.15) is 0 Å². The van der Waals surface area contributed by atoms with Gasteiger partial charge in [0, 0.05) is 56.4 Å². The first-order valence-electron chi connectivity index (χ1n) is 10.9. The highest BCUT2D eigenvalue weighted by molar-refractivity contribution is 5.94. The van der Waals surface area contributed by atoms with E-state index in [2.05, 4.69) is 15.2 Å². The van der Waals surface area contributed by atoms with Crippen LogP contribution in [0.2, 0.25) is 0 Å². The molecule has 2 heterocycles. The van der Waals surface area contributed by atoms with E-state index in [-0.39, 0.29) is 11.8 Å². The number of anilines is 1. The Kier molecular flexibility index (Phi) is 6.66. The number of hydrogen-bond acceptors (Lipinski definition) is 4. The number of nitrogens with one attached hydrogen (secondary N) is 1. The van der Waals surface area contributed by atoms with Crippen molar-refractivity contribution in [3.8, 4) is 0 Å². The van der Waals surface area contributed by atoms with Crippen LogP contribution in [0.5, 0.6) is 0 Å². The molecule has 2 aromatic carbocycles. The van der Waals surface area contributed by atoms with Crippen molar-refractivity contribution >= 4 is 17.5 Å². The quantitative estimate of drug-likeness (QED) is 0.652. The van der Waals surface area contributed by atoms with E-state index in [1.165, 1.54) is 0 Å². The fourth-order valence-corrected chi connectivity index (χ4v) is 3.91. The minimum atomic E-state index is -0.0213. The summed E-state index contributed by atoms with van der Waals surface area (Å²) in [6, 6.07) is 13.7. The molecule has 1 N–H and O–H groups in total. The number of aryl methyl sites for hydroxylation is 1. The summed E-state index contributed by atoms with van der Waals surface area (Å²) in [6.07, 6.45) is 5.45. The Morgan fingerprint density at radius 1 is 1.00 bits per heavy atom. The van der Waals surface area contributed by atoms with E-state index in [1.807, 2.05) is 72.0 Å². The SMILES string of the molecule is Cc1cccc(NC(=O)CN2CCN(C(=O)c3ccc(Cn4ccnc4)cc3)CC2)c1C. The second-order valence-electron chi connectivity index (χ2n) is 8.30. The van der Waals surface area contributed by atoms with Gasteiger partial charge < -0.3 is 14.8 Å². The molecule has 0 saturated carbocycles. The normalized spacial score (nSPS) is 14.4. The molecule has 0 aliphatic carbocycles. The number of rotatable bonds is 6. The van der Waals surface area contributed by atoms with Crippen molar-refractivity contribution in [2.75, 3.05) is 38.0 Å². The number of carbonyl (C=O) groups excluding carboxylic acids is 2. The van der Waals surface area contributed by atoms with E-state index in [1.54, 1.807) is 12.5 Å². The lowest BCUT2D eigenvalue weighted by atomic mass is 10.1. The van der Waals surface area contributed by atoms with Crippen LogP contribution >= 0.6 is 0 Å². The van der Waals surface area contributed by atoms with E-state index in [9.17, 15) is 9.59 Å². The monoisotopic (exact) mass is 431 g/mol. The molecule has 0 radical (unpaired) electrons. The molecule has 3 aromatic rings. The first-order valence-corrected chi connectivity index (χ1v) is 10.9. The molecule has 1 aliphatic heterocycles. The van der Waals surface area contributed by atoms with Gasteiger partial charge in [0.25, 0.3) is 5.91 Å². The highest BCUT2D eigenvalue weighted by atomic mass is 16.2. The van der Waals surface area contributed by atoms with E-state index in [0.717, 1.165) is 28.9 Å². The lowest BCUT2D eigenvalue weighted by molar-refractivity contribution is -0.117. The summed E-state index contributed by atoms with van der Waals surface area (Å²) in [7, 11) is 0. The molecule has 32 heavy (non-hydrogen) atoms. The third-order valence-electron chi connectivity index (χ3n) is 6.03. The third-order valence-corrected chi connectivity index (χ3v) is 6.03. The van der Waals surface area contributed by atoms with Crippen LogP contribution < -0.4 is 5.32 Å². The van der Waals surface area contributed by atoms with Gasteiger partial charge in [0.15, 0.2) is 0 Å². The van der Waals surface area contributed by atoms with Crippen LogP contribution in [-0.4, -0.2) is 63.9 Å². The predicted molar refractivity (Wildman–Crippen MR) is 125 cm³/mol. The van der Waals surface area contributed by atoms with Gasteiger partial charge in [0.05, 0.1) is 12.9 Å². The van der Waals surface area contributed by atoms with Crippen molar-refractivity contribution < 1.29 is 9.59 Å². The van der Waals surface area contributed by atoms with Gasteiger partial charge in [-0.1, -0.05) is 24.3 Å². The highest BCUT2D eigenvalue weighted by Gasteiger charge is 2.23. The summed E-state index contributed by atoms with van der Waals surface area (Å²) >= 11 is 0. The maximum atomic E-state index is 12.9. The van der Waals surface area contributed by atoms with Crippen molar-refractivity contribution in [1.29, 1.82) is 0 Å². The molecule has 1 aromatic heterocycles. The summed E-state index contributed by atoms with van der Waals surface area (Å²) in [5.74, 6) is 0.0191. The molecule has 7 nitrogen and oxygen atoms in total. The number of aromatic nitrogens is 2. The predicted octanol–water partition coefficient (Wildman–Crippen LogP) is 2.94. The fourth-order valence-electron chi connectivity index (χ4n) is 3.91. The van der Waals surface area contributed by atoms with E-state index >= 15 is 0 Å². The number of carbonyl (C=O) groups is 2. The average Bonchev–Trinajstić information content (AvgIpc) is 3.30.